The van der Waals surface area contributed by atoms with Crippen LogP contribution < -0.4 is 14.8 Å². The lowest BCUT2D eigenvalue weighted by Gasteiger charge is -2.12. The second kappa shape index (κ2) is 9.64. The standard InChI is InChI=1S/C21H17BrN2O5S/c1-3-8-29-18-15(22)9-12(10-16(18)28-2)11-17-19(25)24-21(30-17)23-14-6-4-13(5-7-14)20(26)27/h3-7,9-11H,1,8H2,2H3,(H,26,27)(H,23,24,25)/b17-11+. The van der Waals surface area contributed by atoms with Gasteiger partial charge < -0.3 is 19.9 Å². The zero-order valence-electron chi connectivity index (χ0n) is 15.8. The van der Waals surface area contributed by atoms with Gasteiger partial charge in [0.25, 0.3) is 5.91 Å². The number of methoxy groups -OCH3 is 1. The van der Waals surface area contributed by atoms with E-state index < -0.39 is 5.97 Å². The number of halogens is 1. The average molecular weight is 489 g/mol. The highest BCUT2D eigenvalue weighted by molar-refractivity contribution is 9.10. The van der Waals surface area contributed by atoms with Crippen molar-refractivity contribution in [3.05, 3.63) is 69.6 Å². The molecule has 0 spiro atoms. The summed E-state index contributed by atoms with van der Waals surface area (Å²) in [7, 11) is 1.54. The maximum Gasteiger partial charge on any atom is 0.335 e. The molecule has 2 aromatic carbocycles. The molecule has 154 valence electrons. The fourth-order valence-electron chi connectivity index (χ4n) is 2.53. The quantitative estimate of drug-likeness (QED) is 0.436. The number of aromatic carboxylic acids is 1. The zero-order valence-corrected chi connectivity index (χ0v) is 18.2. The Hall–Kier alpha value is -3.04. The number of aliphatic imine (C=N–C) groups is 1. The number of nitrogens with zero attached hydrogens (tertiary/aromatic N) is 1. The lowest BCUT2D eigenvalue weighted by atomic mass is 10.2. The van der Waals surface area contributed by atoms with Gasteiger partial charge in [0, 0.05) is 0 Å². The molecule has 0 aliphatic carbocycles. The number of benzene rings is 2. The molecule has 30 heavy (non-hydrogen) atoms. The van der Waals surface area contributed by atoms with Crippen LogP contribution in [0, 0.1) is 0 Å². The molecule has 9 heteroatoms. The van der Waals surface area contributed by atoms with Crippen molar-refractivity contribution in [2.24, 2.45) is 4.99 Å². The van der Waals surface area contributed by atoms with Crippen LogP contribution in [0.4, 0.5) is 5.69 Å². The highest BCUT2D eigenvalue weighted by Gasteiger charge is 2.24. The predicted octanol–water partition coefficient (Wildman–Crippen LogP) is 4.61. The summed E-state index contributed by atoms with van der Waals surface area (Å²) in [6.07, 6.45) is 3.36. The molecule has 0 unspecified atom stereocenters. The van der Waals surface area contributed by atoms with E-state index in [-0.39, 0.29) is 11.5 Å². The topological polar surface area (TPSA) is 97.2 Å². The van der Waals surface area contributed by atoms with Gasteiger partial charge >= 0.3 is 5.97 Å². The van der Waals surface area contributed by atoms with Crippen LogP contribution in [0.3, 0.4) is 0 Å². The van der Waals surface area contributed by atoms with E-state index in [0.717, 1.165) is 5.56 Å². The van der Waals surface area contributed by atoms with Crippen molar-refractivity contribution in [2.75, 3.05) is 13.7 Å². The van der Waals surface area contributed by atoms with Crippen LogP contribution in [0.2, 0.25) is 0 Å². The number of amides is 1. The van der Waals surface area contributed by atoms with Gasteiger partial charge in [0.1, 0.15) is 6.61 Å². The summed E-state index contributed by atoms with van der Waals surface area (Å²) >= 11 is 4.65. The van der Waals surface area contributed by atoms with E-state index in [4.69, 9.17) is 14.6 Å². The molecule has 1 heterocycles. The number of carboxylic acids is 1. The van der Waals surface area contributed by atoms with Gasteiger partial charge in [0.2, 0.25) is 0 Å². The maximum absolute atomic E-state index is 12.3. The van der Waals surface area contributed by atoms with Crippen LogP contribution in [0.5, 0.6) is 11.5 Å². The second-order valence-electron chi connectivity index (χ2n) is 5.97. The number of nitrogens with one attached hydrogen (secondary N) is 1. The number of hydrogen-bond acceptors (Lipinski definition) is 6. The molecule has 1 saturated heterocycles. The Balaban J connectivity index is 1.83. The number of hydrogen-bond donors (Lipinski definition) is 2. The van der Waals surface area contributed by atoms with E-state index in [1.807, 2.05) is 6.07 Å². The summed E-state index contributed by atoms with van der Waals surface area (Å²) in [4.78, 5) is 28.1. The van der Waals surface area contributed by atoms with E-state index in [9.17, 15) is 9.59 Å². The van der Waals surface area contributed by atoms with E-state index in [1.165, 1.54) is 31.0 Å². The highest BCUT2D eigenvalue weighted by Crippen LogP contribution is 2.38. The largest absolute Gasteiger partial charge is 0.493 e. The number of thioether (sulfide) groups is 1. The minimum Gasteiger partial charge on any atom is -0.493 e. The molecule has 0 saturated carbocycles. The van der Waals surface area contributed by atoms with E-state index in [0.29, 0.717) is 38.3 Å². The van der Waals surface area contributed by atoms with Crippen LogP contribution in [0.1, 0.15) is 15.9 Å². The third-order valence-corrected chi connectivity index (χ3v) is 5.39. The molecular formula is C21H17BrN2O5S. The lowest BCUT2D eigenvalue weighted by Crippen LogP contribution is -2.19. The summed E-state index contributed by atoms with van der Waals surface area (Å²) in [6, 6.07) is 9.66. The highest BCUT2D eigenvalue weighted by atomic mass is 79.9. The van der Waals surface area contributed by atoms with Gasteiger partial charge in [0.05, 0.1) is 27.7 Å². The number of carbonyl (C=O) groups excluding carboxylic acids is 1. The smallest absolute Gasteiger partial charge is 0.335 e. The Morgan fingerprint density at radius 1 is 1.33 bits per heavy atom. The van der Waals surface area contributed by atoms with Gasteiger partial charge in [-0.15, -0.1) is 0 Å². The Morgan fingerprint density at radius 2 is 2.07 bits per heavy atom. The van der Waals surface area contributed by atoms with E-state index in [2.05, 4.69) is 32.8 Å². The first-order valence-electron chi connectivity index (χ1n) is 8.65. The van der Waals surface area contributed by atoms with Gasteiger partial charge in [-0.3, -0.25) is 4.79 Å². The third kappa shape index (κ3) is 5.11. The Labute approximate surface area is 185 Å². The van der Waals surface area contributed by atoms with Crippen molar-refractivity contribution in [2.45, 2.75) is 0 Å². The molecule has 7 nitrogen and oxygen atoms in total. The summed E-state index contributed by atoms with van der Waals surface area (Å²) < 4.78 is 11.7. The second-order valence-corrected chi connectivity index (χ2v) is 7.85. The number of carboxylic acid groups (broad SMARTS) is 1. The van der Waals surface area contributed by atoms with Crippen LogP contribution in [0.25, 0.3) is 6.08 Å². The molecule has 3 rings (SSSR count). The number of rotatable bonds is 7. The summed E-state index contributed by atoms with van der Waals surface area (Å²) in [5.41, 5.74) is 1.45. The lowest BCUT2D eigenvalue weighted by molar-refractivity contribution is -0.115. The molecule has 2 aromatic rings. The van der Waals surface area contributed by atoms with Gasteiger partial charge in [-0.25, -0.2) is 9.79 Å². The van der Waals surface area contributed by atoms with Gasteiger partial charge in [-0.1, -0.05) is 12.7 Å². The first-order valence-corrected chi connectivity index (χ1v) is 10.3. The summed E-state index contributed by atoms with van der Waals surface area (Å²) in [6.45, 7) is 3.96. The molecule has 2 N–H and O–H groups in total. The Bertz CT molecular complexity index is 1060. The summed E-state index contributed by atoms with van der Waals surface area (Å²) in [5, 5.41) is 12.1. The molecule has 0 atom stereocenters. The third-order valence-electron chi connectivity index (χ3n) is 3.89. The molecular weight excluding hydrogens is 472 g/mol. The normalized spacial score (nSPS) is 15.9. The molecule has 1 aliphatic heterocycles. The first-order chi connectivity index (χ1) is 14.4. The van der Waals surface area contributed by atoms with Gasteiger partial charge in [0.15, 0.2) is 16.7 Å². The van der Waals surface area contributed by atoms with Crippen molar-refractivity contribution in [3.63, 3.8) is 0 Å². The van der Waals surface area contributed by atoms with Crippen LogP contribution in [-0.2, 0) is 4.79 Å². The minimum absolute atomic E-state index is 0.169. The van der Waals surface area contributed by atoms with Crippen LogP contribution in [-0.4, -0.2) is 35.9 Å². The summed E-state index contributed by atoms with van der Waals surface area (Å²) in [5.74, 6) is -0.211. The van der Waals surface area contributed by atoms with Crippen molar-refractivity contribution >= 4 is 56.5 Å². The van der Waals surface area contributed by atoms with Crippen molar-refractivity contribution in [1.82, 2.24) is 5.32 Å². The van der Waals surface area contributed by atoms with E-state index >= 15 is 0 Å². The molecule has 1 amide bonds. The number of ether oxygens (including phenoxy) is 2. The van der Waals surface area contributed by atoms with Crippen molar-refractivity contribution in [3.8, 4) is 11.5 Å². The maximum atomic E-state index is 12.3. The molecule has 1 fully saturated rings. The average Bonchev–Trinajstić information content (AvgIpc) is 3.05. The number of amidine groups is 1. The zero-order chi connectivity index (χ0) is 21.7. The molecule has 1 aliphatic rings. The molecule has 0 aromatic heterocycles. The van der Waals surface area contributed by atoms with Crippen LogP contribution >= 0.6 is 27.7 Å². The Kier molecular flexibility index (Phi) is 6.96. The first kappa shape index (κ1) is 21.7. The van der Waals surface area contributed by atoms with Crippen molar-refractivity contribution in [1.29, 1.82) is 0 Å². The molecule has 0 radical (unpaired) electrons. The number of carbonyl (C=O) groups is 2. The fourth-order valence-corrected chi connectivity index (χ4v) is 3.95. The monoisotopic (exact) mass is 488 g/mol. The Morgan fingerprint density at radius 3 is 2.70 bits per heavy atom. The fraction of sp³-hybridized carbons (Fsp3) is 0.0952. The van der Waals surface area contributed by atoms with Crippen LogP contribution in [0.15, 0.2) is 63.4 Å². The van der Waals surface area contributed by atoms with E-state index in [1.54, 1.807) is 30.4 Å². The van der Waals surface area contributed by atoms with Crippen molar-refractivity contribution < 1.29 is 24.2 Å². The van der Waals surface area contributed by atoms with Gasteiger partial charge in [-0.2, -0.15) is 0 Å². The molecule has 0 bridgehead atoms. The van der Waals surface area contributed by atoms with Gasteiger partial charge in [-0.05, 0) is 75.7 Å². The SMILES string of the molecule is C=CCOc1c(Br)cc(/C=C2/SC(=Nc3ccc(C(=O)O)cc3)NC2=O)cc1OC. The minimum atomic E-state index is -1.01. The predicted molar refractivity (Wildman–Crippen MR) is 121 cm³/mol.